The van der Waals surface area contributed by atoms with E-state index in [0.29, 0.717) is 6.42 Å². The minimum Gasteiger partial charge on any atom is -0.460 e. The summed E-state index contributed by atoms with van der Waals surface area (Å²) in [6.45, 7) is 12.0. The van der Waals surface area contributed by atoms with Gasteiger partial charge in [0.2, 0.25) is 0 Å². The molecule has 0 bridgehead atoms. The lowest BCUT2D eigenvalue weighted by Gasteiger charge is -2.27. The minimum absolute atomic E-state index is 0.105. The van der Waals surface area contributed by atoms with E-state index in [0.717, 1.165) is 12.8 Å². The maximum absolute atomic E-state index is 11.4. The van der Waals surface area contributed by atoms with E-state index in [2.05, 4.69) is 20.8 Å². The molecular weight excluding hydrogens is 202 g/mol. The van der Waals surface area contributed by atoms with Crippen LogP contribution in [0, 0.1) is 5.41 Å². The lowest BCUT2D eigenvalue weighted by atomic mass is 9.84. The summed E-state index contributed by atoms with van der Waals surface area (Å²) < 4.78 is 5.23. The second-order valence-electron chi connectivity index (χ2n) is 6.45. The average Bonchev–Trinajstić information content (AvgIpc) is 1.98. The van der Waals surface area contributed by atoms with Gasteiger partial charge in [0.05, 0.1) is 0 Å². The van der Waals surface area contributed by atoms with Crippen LogP contribution in [0.1, 0.15) is 60.8 Å². The van der Waals surface area contributed by atoms with Gasteiger partial charge in [-0.2, -0.15) is 0 Å². The maximum atomic E-state index is 11.4. The molecule has 0 rings (SSSR count). The van der Waals surface area contributed by atoms with Crippen molar-refractivity contribution in [3.8, 4) is 0 Å². The molecule has 3 nitrogen and oxygen atoms in total. The molecule has 0 amide bonds. The van der Waals surface area contributed by atoms with Gasteiger partial charge in [-0.1, -0.05) is 20.8 Å². The van der Waals surface area contributed by atoms with E-state index in [1.807, 2.05) is 20.8 Å². The van der Waals surface area contributed by atoms with Crippen LogP contribution in [0.15, 0.2) is 0 Å². The summed E-state index contributed by atoms with van der Waals surface area (Å²) in [5, 5.41) is 0. The van der Waals surface area contributed by atoms with Crippen molar-refractivity contribution in [1.29, 1.82) is 0 Å². The van der Waals surface area contributed by atoms with Crippen molar-refractivity contribution < 1.29 is 9.53 Å². The number of hydrogen-bond donors (Lipinski definition) is 1. The molecular formula is C13H27NO2. The average molecular weight is 229 g/mol. The number of esters is 1. The normalized spacial score (nSPS) is 14.7. The molecule has 0 aliphatic rings. The number of rotatable bonds is 4. The fourth-order valence-corrected chi connectivity index (χ4v) is 1.29. The van der Waals surface area contributed by atoms with Crippen LogP contribution in [-0.2, 0) is 9.53 Å². The maximum Gasteiger partial charge on any atom is 0.306 e. The van der Waals surface area contributed by atoms with Gasteiger partial charge in [0.15, 0.2) is 0 Å². The molecule has 16 heavy (non-hydrogen) atoms. The zero-order chi connectivity index (χ0) is 13.0. The van der Waals surface area contributed by atoms with E-state index in [-0.39, 0.29) is 23.0 Å². The lowest BCUT2D eigenvalue weighted by Crippen LogP contribution is -2.35. The van der Waals surface area contributed by atoms with Gasteiger partial charge in [0, 0.05) is 12.5 Å². The van der Waals surface area contributed by atoms with E-state index in [9.17, 15) is 4.79 Å². The number of hydrogen-bond acceptors (Lipinski definition) is 3. The first-order chi connectivity index (χ1) is 7.02. The highest BCUT2D eigenvalue weighted by Crippen LogP contribution is 2.21. The van der Waals surface area contributed by atoms with E-state index in [4.69, 9.17) is 10.5 Å². The van der Waals surface area contributed by atoms with E-state index in [1.54, 1.807) is 0 Å². The standard InChI is InChI=1S/C13H27NO2/c1-12(2,3)10(14)8-7-9-11(15)16-13(4,5)6/h10H,7-9,14H2,1-6H3. The Morgan fingerprint density at radius 2 is 1.69 bits per heavy atom. The molecule has 0 fully saturated rings. The second kappa shape index (κ2) is 5.67. The number of nitrogens with two attached hydrogens (primary N) is 1. The zero-order valence-electron chi connectivity index (χ0n) is 11.6. The highest BCUT2D eigenvalue weighted by atomic mass is 16.6. The van der Waals surface area contributed by atoms with E-state index in [1.165, 1.54) is 0 Å². The van der Waals surface area contributed by atoms with Crippen LogP contribution in [0.2, 0.25) is 0 Å². The van der Waals surface area contributed by atoms with Crippen LogP contribution in [0.4, 0.5) is 0 Å². The number of carbonyl (C=O) groups is 1. The van der Waals surface area contributed by atoms with Crippen LogP contribution in [0.25, 0.3) is 0 Å². The minimum atomic E-state index is -0.386. The molecule has 0 spiro atoms. The molecule has 0 aromatic carbocycles. The Morgan fingerprint density at radius 3 is 2.06 bits per heavy atom. The Labute approximate surface area is 99.7 Å². The molecule has 1 atom stereocenters. The molecule has 0 saturated carbocycles. The molecule has 0 radical (unpaired) electrons. The predicted molar refractivity (Wildman–Crippen MR) is 67.1 cm³/mol. The van der Waals surface area contributed by atoms with E-state index >= 15 is 0 Å². The molecule has 0 saturated heterocycles. The molecule has 0 aliphatic heterocycles. The van der Waals surface area contributed by atoms with Crippen LogP contribution in [0.5, 0.6) is 0 Å². The molecule has 3 heteroatoms. The van der Waals surface area contributed by atoms with Gasteiger partial charge in [-0.25, -0.2) is 0 Å². The first-order valence-electron chi connectivity index (χ1n) is 6.00. The smallest absolute Gasteiger partial charge is 0.306 e. The van der Waals surface area contributed by atoms with Gasteiger partial charge in [0.25, 0.3) is 0 Å². The third-order valence-corrected chi connectivity index (χ3v) is 2.43. The third kappa shape index (κ3) is 7.69. The SMILES string of the molecule is CC(C)(C)OC(=O)CCCC(N)C(C)(C)C. The largest absolute Gasteiger partial charge is 0.460 e. The van der Waals surface area contributed by atoms with E-state index < -0.39 is 0 Å². The summed E-state index contributed by atoms with van der Waals surface area (Å²) in [4.78, 5) is 11.4. The Balaban J connectivity index is 3.79. The summed E-state index contributed by atoms with van der Waals surface area (Å²) >= 11 is 0. The summed E-state index contributed by atoms with van der Waals surface area (Å²) in [6.07, 6.45) is 2.12. The van der Waals surface area contributed by atoms with Crippen LogP contribution < -0.4 is 5.73 Å². The molecule has 2 N–H and O–H groups in total. The van der Waals surface area contributed by atoms with Gasteiger partial charge in [-0.15, -0.1) is 0 Å². The van der Waals surface area contributed by atoms with Crippen molar-refractivity contribution >= 4 is 5.97 Å². The van der Waals surface area contributed by atoms with Crippen molar-refractivity contribution in [3.63, 3.8) is 0 Å². The fraction of sp³-hybridized carbons (Fsp3) is 0.923. The van der Waals surface area contributed by atoms with Gasteiger partial charge < -0.3 is 10.5 Å². The quantitative estimate of drug-likeness (QED) is 0.754. The van der Waals surface area contributed by atoms with Gasteiger partial charge in [0.1, 0.15) is 5.60 Å². The molecule has 0 aromatic rings. The monoisotopic (exact) mass is 229 g/mol. The Kier molecular flexibility index (Phi) is 5.47. The molecule has 0 aromatic heterocycles. The molecule has 1 unspecified atom stereocenters. The Morgan fingerprint density at radius 1 is 1.19 bits per heavy atom. The van der Waals surface area contributed by atoms with Gasteiger partial charge in [-0.3, -0.25) is 4.79 Å². The van der Waals surface area contributed by atoms with Crippen molar-refractivity contribution in [2.75, 3.05) is 0 Å². The van der Waals surface area contributed by atoms with Crippen LogP contribution >= 0.6 is 0 Å². The fourth-order valence-electron chi connectivity index (χ4n) is 1.29. The first-order valence-corrected chi connectivity index (χ1v) is 6.00. The van der Waals surface area contributed by atoms with Crippen molar-refractivity contribution in [2.24, 2.45) is 11.1 Å². The van der Waals surface area contributed by atoms with Crippen molar-refractivity contribution in [2.45, 2.75) is 72.4 Å². The lowest BCUT2D eigenvalue weighted by molar-refractivity contribution is -0.154. The number of carbonyl (C=O) groups excluding carboxylic acids is 1. The summed E-state index contributed by atoms with van der Waals surface area (Å²) in [5.74, 6) is -0.131. The van der Waals surface area contributed by atoms with Crippen molar-refractivity contribution in [3.05, 3.63) is 0 Å². The molecule has 0 heterocycles. The first kappa shape index (κ1) is 15.4. The molecule has 0 aliphatic carbocycles. The Hall–Kier alpha value is -0.570. The highest BCUT2D eigenvalue weighted by molar-refractivity contribution is 5.69. The van der Waals surface area contributed by atoms with Crippen molar-refractivity contribution in [1.82, 2.24) is 0 Å². The second-order valence-corrected chi connectivity index (χ2v) is 6.45. The molecule has 96 valence electrons. The topological polar surface area (TPSA) is 52.3 Å². The van der Waals surface area contributed by atoms with Crippen LogP contribution in [-0.4, -0.2) is 17.6 Å². The predicted octanol–water partition coefficient (Wildman–Crippen LogP) is 2.87. The summed E-state index contributed by atoms with van der Waals surface area (Å²) in [5.41, 5.74) is 5.73. The van der Waals surface area contributed by atoms with Crippen LogP contribution in [0.3, 0.4) is 0 Å². The third-order valence-electron chi connectivity index (χ3n) is 2.43. The summed E-state index contributed by atoms with van der Waals surface area (Å²) in [7, 11) is 0. The van der Waals surface area contributed by atoms with Gasteiger partial charge in [-0.05, 0) is 39.0 Å². The highest BCUT2D eigenvalue weighted by Gasteiger charge is 2.21. The summed E-state index contributed by atoms with van der Waals surface area (Å²) in [6, 6.07) is 0.134. The Bertz CT molecular complexity index is 223. The number of ether oxygens (including phenoxy) is 1. The van der Waals surface area contributed by atoms with Gasteiger partial charge >= 0.3 is 5.97 Å². The zero-order valence-corrected chi connectivity index (χ0v) is 11.6.